The summed E-state index contributed by atoms with van der Waals surface area (Å²) in [6.45, 7) is 2.48. The third-order valence-electron chi connectivity index (χ3n) is 2.77. The minimum absolute atomic E-state index is 0.0823. The molecular formula is C13H14FN3O2. The first-order valence-electron chi connectivity index (χ1n) is 5.89. The highest BCUT2D eigenvalue weighted by molar-refractivity contribution is 5.92. The van der Waals surface area contributed by atoms with Crippen molar-refractivity contribution >= 4 is 11.7 Å². The van der Waals surface area contributed by atoms with Crippen LogP contribution in [0.5, 0.6) is 0 Å². The van der Waals surface area contributed by atoms with Crippen molar-refractivity contribution < 1.29 is 14.3 Å². The molecule has 0 aliphatic rings. The summed E-state index contributed by atoms with van der Waals surface area (Å²) >= 11 is 0. The summed E-state index contributed by atoms with van der Waals surface area (Å²) in [5, 5.41) is 16.0. The summed E-state index contributed by atoms with van der Waals surface area (Å²) < 4.78 is 14.8. The average Bonchev–Trinajstić information content (AvgIpc) is 2.81. The molecule has 6 heteroatoms. The van der Waals surface area contributed by atoms with Crippen LogP contribution in [0.2, 0.25) is 0 Å². The van der Waals surface area contributed by atoms with Crippen molar-refractivity contribution in [3.63, 3.8) is 0 Å². The zero-order valence-electron chi connectivity index (χ0n) is 10.4. The molecule has 0 fully saturated rings. The molecule has 0 aliphatic heterocycles. The second-order valence-corrected chi connectivity index (χ2v) is 3.97. The van der Waals surface area contributed by atoms with E-state index in [-0.39, 0.29) is 18.1 Å². The second-order valence-electron chi connectivity index (χ2n) is 3.97. The lowest BCUT2D eigenvalue weighted by Gasteiger charge is -2.07. The summed E-state index contributed by atoms with van der Waals surface area (Å²) in [5.41, 5.74) is 0.944. The molecular weight excluding hydrogens is 249 g/mol. The van der Waals surface area contributed by atoms with E-state index in [2.05, 4.69) is 10.4 Å². The molecule has 0 atom stereocenters. The highest BCUT2D eigenvalue weighted by atomic mass is 19.1. The Bertz CT molecular complexity index is 595. The highest BCUT2D eigenvalue weighted by Gasteiger charge is 2.16. The topological polar surface area (TPSA) is 67.2 Å². The lowest BCUT2D eigenvalue weighted by atomic mass is 10.2. The maximum absolute atomic E-state index is 13.4. The molecule has 2 aromatic rings. The van der Waals surface area contributed by atoms with Crippen LogP contribution in [-0.4, -0.2) is 20.9 Å². The Morgan fingerprint density at radius 3 is 2.84 bits per heavy atom. The van der Waals surface area contributed by atoms with Crippen LogP contribution < -0.4 is 5.32 Å². The number of rotatable bonds is 5. The molecule has 0 bridgehead atoms. The van der Waals surface area contributed by atoms with Gasteiger partial charge in [0.05, 0.1) is 11.9 Å². The predicted molar refractivity (Wildman–Crippen MR) is 68.6 cm³/mol. The predicted octanol–water partition coefficient (Wildman–Crippen LogP) is 2.35. The molecule has 2 N–H and O–H groups in total. The van der Waals surface area contributed by atoms with Crippen molar-refractivity contribution in [3.8, 4) is 0 Å². The first kappa shape index (κ1) is 13.1. The normalized spacial score (nSPS) is 10.4. The summed E-state index contributed by atoms with van der Waals surface area (Å²) in [5.74, 6) is -1.38. The van der Waals surface area contributed by atoms with Crippen molar-refractivity contribution in [3.05, 3.63) is 47.5 Å². The van der Waals surface area contributed by atoms with Crippen LogP contribution in [0.3, 0.4) is 0 Å². The number of hydrogen-bond donors (Lipinski definition) is 2. The molecule has 100 valence electrons. The first-order valence-corrected chi connectivity index (χ1v) is 5.89. The van der Waals surface area contributed by atoms with Gasteiger partial charge >= 0.3 is 5.97 Å². The Morgan fingerprint density at radius 1 is 1.47 bits per heavy atom. The van der Waals surface area contributed by atoms with Crippen LogP contribution >= 0.6 is 0 Å². The molecule has 1 aromatic carbocycles. The van der Waals surface area contributed by atoms with Crippen molar-refractivity contribution in [2.45, 2.75) is 20.0 Å². The number of halogens is 1. The minimum Gasteiger partial charge on any atom is -0.476 e. The number of aryl methyl sites for hydroxylation is 1. The Hall–Kier alpha value is -2.37. The van der Waals surface area contributed by atoms with Gasteiger partial charge in [-0.2, -0.15) is 5.10 Å². The fraction of sp³-hybridized carbons (Fsp3) is 0.231. The number of carboxylic acids is 1. The van der Waals surface area contributed by atoms with Crippen LogP contribution in [0, 0.1) is 5.82 Å². The molecule has 0 unspecified atom stereocenters. The quantitative estimate of drug-likeness (QED) is 0.869. The van der Waals surface area contributed by atoms with Crippen molar-refractivity contribution in [1.29, 1.82) is 0 Å². The van der Waals surface area contributed by atoms with Gasteiger partial charge in [0, 0.05) is 18.7 Å². The van der Waals surface area contributed by atoms with E-state index >= 15 is 0 Å². The number of carboxylic acid groups (broad SMARTS) is 1. The second kappa shape index (κ2) is 5.51. The lowest BCUT2D eigenvalue weighted by molar-refractivity contribution is 0.0684. The van der Waals surface area contributed by atoms with Crippen molar-refractivity contribution in [1.82, 2.24) is 9.78 Å². The van der Waals surface area contributed by atoms with E-state index in [1.807, 2.05) is 0 Å². The third-order valence-corrected chi connectivity index (χ3v) is 2.77. The van der Waals surface area contributed by atoms with Crippen LogP contribution in [0.4, 0.5) is 10.1 Å². The zero-order valence-corrected chi connectivity index (χ0v) is 10.4. The highest BCUT2D eigenvalue weighted by Crippen LogP contribution is 2.17. The van der Waals surface area contributed by atoms with E-state index in [1.165, 1.54) is 16.9 Å². The van der Waals surface area contributed by atoms with E-state index in [4.69, 9.17) is 5.11 Å². The summed E-state index contributed by atoms with van der Waals surface area (Å²) in [6.07, 6.45) is 1.44. The molecule has 0 spiro atoms. The van der Waals surface area contributed by atoms with Gasteiger partial charge < -0.3 is 10.4 Å². The number of hydrogen-bond acceptors (Lipinski definition) is 3. The largest absolute Gasteiger partial charge is 0.476 e. The van der Waals surface area contributed by atoms with Gasteiger partial charge in [-0.15, -0.1) is 0 Å². The average molecular weight is 263 g/mol. The number of aromatic nitrogens is 2. The van der Waals surface area contributed by atoms with Crippen LogP contribution in [0.15, 0.2) is 30.5 Å². The molecule has 0 saturated heterocycles. The molecule has 0 aliphatic carbocycles. The van der Waals surface area contributed by atoms with Crippen molar-refractivity contribution in [2.24, 2.45) is 0 Å². The molecule has 0 amide bonds. The fourth-order valence-corrected chi connectivity index (χ4v) is 1.81. The van der Waals surface area contributed by atoms with Crippen molar-refractivity contribution in [2.75, 3.05) is 5.32 Å². The van der Waals surface area contributed by atoms with Crippen LogP contribution in [0.1, 0.15) is 23.0 Å². The monoisotopic (exact) mass is 263 g/mol. The maximum Gasteiger partial charge on any atom is 0.356 e. The Morgan fingerprint density at radius 2 is 2.21 bits per heavy atom. The zero-order chi connectivity index (χ0) is 13.8. The number of nitrogens with one attached hydrogen (secondary N) is 1. The van der Waals surface area contributed by atoms with Gasteiger partial charge in [0.25, 0.3) is 0 Å². The SMILES string of the molecule is CCn1ncc(NCc2ccccc2F)c1C(=O)O. The van der Waals surface area contributed by atoms with Gasteiger partial charge in [0.2, 0.25) is 0 Å². The van der Waals surface area contributed by atoms with E-state index < -0.39 is 5.97 Å². The van der Waals surface area contributed by atoms with Gasteiger partial charge in [-0.3, -0.25) is 4.68 Å². The Labute approximate surface area is 109 Å². The molecule has 5 nitrogen and oxygen atoms in total. The Balaban J connectivity index is 2.18. The minimum atomic E-state index is -1.06. The van der Waals surface area contributed by atoms with E-state index in [0.29, 0.717) is 17.8 Å². The van der Waals surface area contributed by atoms with Gasteiger partial charge in [0.1, 0.15) is 5.82 Å². The van der Waals surface area contributed by atoms with E-state index in [0.717, 1.165) is 0 Å². The number of benzene rings is 1. The molecule has 2 rings (SSSR count). The number of anilines is 1. The Kier molecular flexibility index (Phi) is 3.79. The molecule has 0 saturated carbocycles. The van der Waals surface area contributed by atoms with Gasteiger partial charge in [-0.1, -0.05) is 18.2 Å². The first-order chi connectivity index (χ1) is 9.13. The van der Waals surface area contributed by atoms with Gasteiger partial charge in [-0.25, -0.2) is 9.18 Å². The lowest BCUT2D eigenvalue weighted by Crippen LogP contribution is -2.11. The third kappa shape index (κ3) is 2.73. The number of carbonyl (C=O) groups is 1. The van der Waals surface area contributed by atoms with Crippen LogP contribution in [0.25, 0.3) is 0 Å². The van der Waals surface area contributed by atoms with E-state index in [1.54, 1.807) is 25.1 Å². The maximum atomic E-state index is 13.4. The summed E-state index contributed by atoms with van der Waals surface area (Å²) in [6, 6.07) is 6.35. The summed E-state index contributed by atoms with van der Waals surface area (Å²) in [7, 11) is 0. The smallest absolute Gasteiger partial charge is 0.356 e. The van der Waals surface area contributed by atoms with Gasteiger partial charge in [0.15, 0.2) is 5.69 Å². The van der Waals surface area contributed by atoms with E-state index in [9.17, 15) is 9.18 Å². The number of aromatic carboxylic acids is 1. The molecule has 0 radical (unpaired) electrons. The molecule has 1 aromatic heterocycles. The molecule has 1 heterocycles. The number of nitrogens with zero attached hydrogens (tertiary/aromatic N) is 2. The standard InChI is InChI=1S/C13H14FN3O2/c1-2-17-12(13(18)19)11(8-16-17)15-7-9-5-3-4-6-10(9)14/h3-6,8,15H,2,7H2,1H3,(H,18,19). The molecule has 19 heavy (non-hydrogen) atoms. The fourth-order valence-electron chi connectivity index (χ4n) is 1.81. The van der Waals surface area contributed by atoms with Gasteiger partial charge in [-0.05, 0) is 13.0 Å². The van der Waals surface area contributed by atoms with Crippen LogP contribution in [-0.2, 0) is 13.1 Å². The summed E-state index contributed by atoms with van der Waals surface area (Å²) in [4.78, 5) is 11.2.